The van der Waals surface area contributed by atoms with E-state index >= 15 is 0 Å². The van der Waals surface area contributed by atoms with Crippen molar-refractivity contribution in [1.29, 1.82) is 0 Å². The van der Waals surface area contributed by atoms with E-state index in [1.165, 1.54) is 15.6 Å². The molecule has 1 aliphatic heterocycles. The Morgan fingerprint density at radius 3 is 2.76 bits per heavy atom. The number of nitrogens with zero attached hydrogens (tertiary/aromatic N) is 1. The second-order valence-electron chi connectivity index (χ2n) is 5.52. The molecule has 3 rings (SSSR count). The summed E-state index contributed by atoms with van der Waals surface area (Å²) in [6, 6.07) is 2.74. The summed E-state index contributed by atoms with van der Waals surface area (Å²) in [6.45, 7) is 1.09. The number of rotatable bonds is 5. The molecule has 0 radical (unpaired) electrons. The molecule has 2 heterocycles. The first-order valence-electron chi connectivity index (χ1n) is 7.03. The fourth-order valence-corrected chi connectivity index (χ4v) is 6.32. The second-order valence-corrected chi connectivity index (χ2v) is 10.1. The zero-order chi connectivity index (χ0) is 15.0. The van der Waals surface area contributed by atoms with Gasteiger partial charge in [-0.3, -0.25) is 4.79 Å². The SMILES string of the molecule is O=C(NCC1CC1)[C@H]1CCCN1S(=O)(=O)c1ccc(Br)s1. The first-order valence-corrected chi connectivity index (χ1v) is 10.1. The van der Waals surface area contributed by atoms with Crippen LogP contribution in [0.25, 0.3) is 0 Å². The maximum Gasteiger partial charge on any atom is 0.253 e. The highest BCUT2D eigenvalue weighted by molar-refractivity contribution is 9.11. The normalized spacial score (nSPS) is 23.4. The molecular formula is C13H17BrN2O3S2. The summed E-state index contributed by atoms with van der Waals surface area (Å²) in [5, 5.41) is 2.89. The molecule has 1 saturated carbocycles. The number of carbonyl (C=O) groups excluding carboxylic acids is 1. The average Bonchev–Trinajstić information content (AvgIpc) is 2.95. The molecular weight excluding hydrogens is 376 g/mol. The first-order chi connectivity index (χ1) is 9.98. The highest BCUT2D eigenvalue weighted by Gasteiger charge is 2.40. The number of hydrogen-bond donors (Lipinski definition) is 1. The molecule has 1 aliphatic carbocycles. The Morgan fingerprint density at radius 2 is 2.14 bits per heavy atom. The minimum absolute atomic E-state index is 0.154. The summed E-state index contributed by atoms with van der Waals surface area (Å²) < 4.78 is 27.7. The van der Waals surface area contributed by atoms with Gasteiger partial charge in [0.25, 0.3) is 10.0 Å². The average molecular weight is 393 g/mol. The number of amides is 1. The van der Waals surface area contributed by atoms with Crippen LogP contribution in [0.3, 0.4) is 0 Å². The van der Waals surface area contributed by atoms with Crippen molar-refractivity contribution in [2.24, 2.45) is 5.92 Å². The summed E-state index contributed by atoms with van der Waals surface area (Å²) in [4.78, 5) is 12.2. The standard InChI is InChI=1S/C13H17BrN2O3S2/c14-11-5-6-12(20-11)21(18,19)16-7-1-2-10(16)13(17)15-8-9-3-4-9/h5-6,9-10H,1-4,7-8H2,(H,15,17)/t10-/m1/s1. The van der Waals surface area contributed by atoms with Gasteiger partial charge in [0.2, 0.25) is 5.91 Å². The molecule has 0 aromatic carbocycles. The van der Waals surface area contributed by atoms with Crippen molar-refractivity contribution in [1.82, 2.24) is 9.62 Å². The van der Waals surface area contributed by atoms with E-state index in [1.807, 2.05) is 0 Å². The van der Waals surface area contributed by atoms with E-state index in [2.05, 4.69) is 21.2 Å². The number of thiophene rings is 1. The highest BCUT2D eigenvalue weighted by Crippen LogP contribution is 2.32. The highest BCUT2D eigenvalue weighted by atomic mass is 79.9. The van der Waals surface area contributed by atoms with Crippen LogP contribution >= 0.6 is 27.3 Å². The smallest absolute Gasteiger partial charge is 0.253 e. The molecule has 1 atom stereocenters. The molecule has 0 spiro atoms. The van der Waals surface area contributed by atoms with Crippen molar-refractivity contribution >= 4 is 43.2 Å². The van der Waals surface area contributed by atoms with E-state index in [1.54, 1.807) is 12.1 Å². The van der Waals surface area contributed by atoms with Crippen LogP contribution in [-0.4, -0.2) is 37.8 Å². The third-order valence-corrected chi connectivity index (χ3v) is 7.88. The molecule has 1 N–H and O–H groups in total. The summed E-state index contributed by atoms with van der Waals surface area (Å²) in [5.41, 5.74) is 0. The van der Waals surface area contributed by atoms with Gasteiger partial charge in [-0.2, -0.15) is 4.31 Å². The Labute approximate surface area is 136 Å². The maximum atomic E-state index is 12.6. The molecule has 1 amide bonds. The van der Waals surface area contributed by atoms with Gasteiger partial charge in [0.1, 0.15) is 10.3 Å². The number of hydrogen-bond acceptors (Lipinski definition) is 4. The van der Waals surface area contributed by atoms with E-state index in [9.17, 15) is 13.2 Å². The Kier molecular flexibility index (Phi) is 4.40. The van der Waals surface area contributed by atoms with Crippen LogP contribution in [0.1, 0.15) is 25.7 Å². The predicted octanol–water partition coefficient (Wildman–Crippen LogP) is 2.19. The van der Waals surface area contributed by atoms with Gasteiger partial charge in [-0.1, -0.05) is 0 Å². The van der Waals surface area contributed by atoms with Crippen LogP contribution in [0.2, 0.25) is 0 Å². The number of halogens is 1. The predicted molar refractivity (Wildman–Crippen MR) is 84.7 cm³/mol. The van der Waals surface area contributed by atoms with Gasteiger partial charge in [0.05, 0.1) is 3.79 Å². The lowest BCUT2D eigenvalue weighted by Crippen LogP contribution is -2.46. The van der Waals surface area contributed by atoms with Crippen LogP contribution < -0.4 is 5.32 Å². The van der Waals surface area contributed by atoms with Crippen LogP contribution in [0.5, 0.6) is 0 Å². The fourth-order valence-electron chi connectivity index (χ4n) is 2.53. The van der Waals surface area contributed by atoms with E-state index in [4.69, 9.17) is 0 Å². The first kappa shape index (κ1) is 15.5. The van der Waals surface area contributed by atoms with Crippen molar-refractivity contribution in [3.63, 3.8) is 0 Å². The lowest BCUT2D eigenvalue weighted by molar-refractivity contribution is -0.124. The number of sulfonamides is 1. The van der Waals surface area contributed by atoms with Crippen LogP contribution in [0, 0.1) is 5.92 Å². The molecule has 116 valence electrons. The van der Waals surface area contributed by atoms with E-state index < -0.39 is 16.1 Å². The molecule has 21 heavy (non-hydrogen) atoms. The number of carbonyl (C=O) groups is 1. The Bertz CT molecular complexity index is 640. The summed E-state index contributed by atoms with van der Waals surface area (Å²) in [7, 11) is -3.57. The van der Waals surface area contributed by atoms with Crippen LogP contribution in [-0.2, 0) is 14.8 Å². The summed E-state index contributed by atoms with van der Waals surface area (Å²) >= 11 is 4.46. The van der Waals surface area contributed by atoms with Gasteiger partial charge in [-0.25, -0.2) is 8.42 Å². The van der Waals surface area contributed by atoms with Crippen molar-refractivity contribution in [3.8, 4) is 0 Å². The largest absolute Gasteiger partial charge is 0.354 e. The van der Waals surface area contributed by atoms with Gasteiger partial charge in [-0.15, -0.1) is 11.3 Å². The fraction of sp³-hybridized carbons (Fsp3) is 0.615. The van der Waals surface area contributed by atoms with Gasteiger partial charge in [-0.05, 0) is 59.7 Å². The molecule has 2 aliphatic rings. The zero-order valence-electron chi connectivity index (χ0n) is 11.4. The molecule has 0 unspecified atom stereocenters. The van der Waals surface area contributed by atoms with Gasteiger partial charge >= 0.3 is 0 Å². The lowest BCUT2D eigenvalue weighted by atomic mass is 10.2. The maximum absolute atomic E-state index is 12.6. The van der Waals surface area contributed by atoms with Crippen molar-refractivity contribution < 1.29 is 13.2 Å². The lowest BCUT2D eigenvalue weighted by Gasteiger charge is -2.22. The summed E-state index contributed by atoms with van der Waals surface area (Å²) in [6.07, 6.45) is 3.65. The number of nitrogens with one attached hydrogen (secondary N) is 1. The third kappa shape index (κ3) is 3.33. The third-order valence-electron chi connectivity index (χ3n) is 3.88. The van der Waals surface area contributed by atoms with Crippen LogP contribution in [0.15, 0.2) is 20.1 Å². The molecule has 2 fully saturated rings. The minimum Gasteiger partial charge on any atom is -0.354 e. The topological polar surface area (TPSA) is 66.5 Å². The van der Waals surface area contributed by atoms with Crippen LogP contribution in [0.4, 0.5) is 0 Å². The van der Waals surface area contributed by atoms with E-state index in [0.717, 1.165) is 23.0 Å². The van der Waals surface area contributed by atoms with Gasteiger partial charge in [0.15, 0.2) is 0 Å². The molecule has 1 aromatic rings. The Hall–Kier alpha value is -0.440. The van der Waals surface area contributed by atoms with E-state index in [0.29, 0.717) is 25.4 Å². The molecule has 1 saturated heterocycles. The van der Waals surface area contributed by atoms with E-state index in [-0.39, 0.29) is 10.1 Å². The second kappa shape index (κ2) is 5.98. The van der Waals surface area contributed by atoms with Crippen molar-refractivity contribution in [3.05, 3.63) is 15.9 Å². The monoisotopic (exact) mass is 392 g/mol. The minimum atomic E-state index is -3.57. The molecule has 1 aromatic heterocycles. The van der Waals surface area contributed by atoms with Gasteiger partial charge in [0, 0.05) is 13.1 Å². The van der Waals surface area contributed by atoms with Crippen molar-refractivity contribution in [2.45, 2.75) is 35.9 Å². The Balaban J connectivity index is 1.74. The Morgan fingerprint density at radius 1 is 1.38 bits per heavy atom. The summed E-state index contributed by atoms with van der Waals surface area (Å²) in [5.74, 6) is 0.437. The van der Waals surface area contributed by atoms with Crippen molar-refractivity contribution in [2.75, 3.05) is 13.1 Å². The quantitative estimate of drug-likeness (QED) is 0.834. The van der Waals surface area contributed by atoms with Gasteiger partial charge < -0.3 is 5.32 Å². The molecule has 5 nitrogen and oxygen atoms in total. The molecule has 0 bridgehead atoms. The molecule has 8 heteroatoms. The zero-order valence-corrected chi connectivity index (χ0v) is 14.6.